The average Bonchev–Trinajstić information content (AvgIpc) is 2.68. The van der Waals surface area contributed by atoms with Gasteiger partial charge in [0.1, 0.15) is 11.6 Å². The summed E-state index contributed by atoms with van der Waals surface area (Å²) in [4.78, 5) is 15.5. The summed E-state index contributed by atoms with van der Waals surface area (Å²) in [5, 5.41) is 0. The third-order valence-electron chi connectivity index (χ3n) is 2.72. The van der Waals surface area contributed by atoms with Gasteiger partial charge in [0.25, 0.3) is 0 Å². The Morgan fingerprint density at radius 2 is 2.33 bits per heavy atom. The van der Waals surface area contributed by atoms with Gasteiger partial charge in [0.2, 0.25) is 0 Å². The van der Waals surface area contributed by atoms with Crippen LogP contribution in [-0.2, 0) is 11.3 Å². The van der Waals surface area contributed by atoms with Crippen molar-refractivity contribution >= 4 is 11.4 Å². The van der Waals surface area contributed by atoms with Gasteiger partial charge in [-0.05, 0) is 18.4 Å². The zero-order valence-electron chi connectivity index (χ0n) is 9.07. The van der Waals surface area contributed by atoms with Crippen molar-refractivity contribution in [2.45, 2.75) is 39.2 Å². The summed E-state index contributed by atoms with van der Waals surface area (Å²) in [5.74, 6) is 1.39. The minimum absolute atomic E-state index is 0.340. The van der Waals surface area contributed by atoms with E-state index in [4.69, 9.17) is 0 Å². The predicted octanol–water partition coefficient (Wildman–Crippen LogP) is 2.43. The van der Waals surface area contributed by atoms with Crippen molar-refractivity contribution in [2.75, 3.05) is 0 Å². The highest BCUT2D eigenvalue weighted by Gasteiger charge is 2.14. The van der Waals surface area contributed by atoms with Gasteiger partial charge in [-0.2, -0.15) is 0 Å². The lowest BCUT2D eigenvalue weighted by molar-refractivity contribution is -0.118. The van der Waals surface area contributed by atoms with E-state index in [1.807, 2.05) is 18.5 Å². The zero-order valence-corrected chi connectivity index (χ0v) is 9.07. The van der Waals surface area contributed by atoms with E-state index in [0.717, 1.165) is 25.2 Å². The number of hydrogen-bond donors (Lipinski definition) is 0. The van der Waals surface area contributed by atoms with E-state index in [-0.39, 0.29) is 0 Å². The molecule has 1 aliphatic carbocycles. The summed E-state index contributed by atoms with van der Waals surface area (Å²) in [6.07, 6.45) is 9.08. The maximum absolute atomic E-state index is 11.1. The first-order chi connectivity index (χ1) is 7.31. The van der Waals surface area contributed by atoms with Crippen LogP contribution in [0.4, 0.5) is 0 Å². The van der Waals surface area contributed by atoms with Crippen molar-refractivity contribution < 1.29 is 4.79 Å². The van der Waals surface area contributed by atoms with Crippen molar-refractivity contribution in [3.63, 3.8) is 0 Å². The van der Waals surface area contributed by atoms with Gasteiger partial charge >= 0.3 is 0 Å². The SMILES string of the molecule is CCCn1ccnc1C1=CCC(=O)CC1. The van der Waals surface area contributed by atoms with Crippen LogP contribution in [0.5, 0.6) is 0 Å². The Labute approximate surface area is 89.8 Å². The molecule has 0 saturated heterocycles. The third-order valence-corrected chi connectivity index (χ3v) is 2.72. The number of rotatable bonds is 3. The van der Waals surface area contributed by atoms with Crippen LogP contribution < -0.4 is 0 Å². The molecular weight excluding hydrogens is 188 g/mol. The lowest BCUT2D eigenvalue weighted by Crippen LogP contribution is -2.08. The Bertz CT molecular complexity index is 390. The minimum Gasteiger partial charge on any atom is -0.331 e. The number of carbonyl (C=O) groups excluding carboxylic acids is 1. The second-order valence-electron chi connectivity index (χ2n) is 3.92. The fourth-order valence-electron chi connectivity index (χ4n) is 1.94. The molecule has 3 nitrogen and oxygen atoms in total. The molecule has 0 bridgehead atoms. The molecule has 0 radical (unpaired) electrons. The van der Waals surface area contributed by atoms with Crippen LogP contribution in [0.25, 0.3) is 5.57 Å². The Morgan fingerprint density at radius 3 is 3.00 bits per heavy atom. The standard InChI is InChI=1S/C12H16N2O/c1-2-8-14-9-7-13-12(14)10-3-5-11(15)6-4-10/h3,7,9H,2,4-6,8H2,1H3. The van der Waals surface area contributed by atoms with E-state index in [0.29, 0.717) is 18.6 Å². The highest BCUT2D eigenvalue weighted by atomic mass is 16.1. The third kappa shape index (κ3) is 2.17. The number of carbonyl (C=O) groups is 1. The molecule has 15 heavy (non-hydrogen) atoms. The van der Waals surface area contributed by atoms with Crippen LogP contribution in [0.3, 0.4) is 0 Å². The molecule has 0 N–H and O–H groups in total. The number of hydrogen-bond acceptors (Lipinski definition) is 2. The quantitative estimate of drug-likeness (QED) is 0.758. The highest BCUT2D eigenvalue weighted by Crippen LogP contribution is 2.23. The molecular formula is C12H16N2O. The summed E-state index contributed by atoms with van der Waals surface area (Å²) in [5.41, 5.74) is 1.23. The van der Waals surface area contributed by atoms with Gasteiger partial charge in [-0.3, -0.25) is 4.79 Å². The van der Waals surface area contributed by atoms with Crippen molar-refractivity contribution in [1.29, 1.82) is 0 Å². The van der Waals surface area contributed by atoms with Gasteiger partial charge in [-0.25, -0.2) is 4.98 Å². The molecule has 1 aromatic rings. The van der Waals surface area contributed by atoms with Crippen LogP contribution in [0, 0.1) is 0 Å². The molecule has 1 heterocycles. The predicted molar refractivity (Wildman–Crippen MR) is 59.4 cm³/mol. The van der Waals surface area contributed by atoms with Crippen molar-refractivity contribution in [2.24, 2.45) is 0 Å². The monoisotopic (exact) mass is 204 g/mol. The summed E-state index contributed by atoms with van der Waals surface area (Å²) in [7, 11) is 0. The van der Waals surface area contributed by atoms with Gasteiger partial charge in [0, 0.05) is 31.8 Å². The number of Topliss-reactive ketones (excluding diaryl/α,β-unsaturated/α-hetero) is 1. The number of aromatic nitrogens is 2. The van der Waals surface area contributed by atoms with Crippen LogP contribution in [-0.4, -0.2) is 15.3 Å². The molecule has 0 aliphatic heterocycles. The summed E-state index contributed by atoms with van der Waals surface area (Å²) in [6, 6.07) is 0. The number of ketones is 1. The highest BCUT2D eigenvalue weighted by molar-refractivity contribution is 5.86. The fourth-order valence-corrected chi connectivity index (χ4v) is 1.94. The van der Waals surface area contributed by atoms with E-state index < -0.39 is 0 Å². The second kappa shape index (κ2) is 4.43. The molecule has 3 heteroatoms. The van der Waals surface area contributed by atoms with E-state index in [9.17, 15) is 4.79 Å². The molecule has 80 valence electrons. The Hall–Kier alpha value is -1.38. The second-order valence-corrected chi connectivity index (χ2v) is 3.92. The van der Waals surface area contributed by atoms with Gasteiger partial charge < -0.3 is 4.57 Å². The normalized spacial score (nSPS) is 16.6. The Balaban J connectivity index is 2.21. The Morgan fingerprint density at radius 1 is 1.47 bits per heavy atom. The first-order valence-corrected chi connectivity index (χ1v) is 5.53. The molecule has 0 saturated carbocycles. The molecule has 2 rings (SSSR count). The molecule has 0 aromatic carbocycles. The molecule has 1 aromatic heterocycles. The van der Waals surface area contributed by atoms with Crippen molar-refractivity contribution in [1.82, 2.24) is 9.55 Å². The van der Waals surface area contributed by atoms with Crippen LogP contribution in [0.1, 0.15) is 38.4 Å². The maximum atomic E-state index is 11.1. The van der Waals surface area contributed by atoms with E-state index in [1.165, 1.54) is 5.57 Å². The molecule has 0 spiro atoms. The topological polar surface area (TPSA) is 34.9 Å². The number of nitrogens with zero attached hydrogens (tertiary/aromatic N) is 2. The fraction of sp³-hybridized carbons (Fsp3) is 0.500. The van der Waals surface area contributed by atoms with Crippen molar-refractivity contribution in [3.8, 4) is 0 Å². The van der Waals surface area contributed by atoms with Crippen molar-refractivity contribution in [3.05, 3.63) is 24.3 Å². The lowest BCUT2D eigenvalue weighted by Gasteiger charge is -2.13. The summed E-state index contributed by atoms with van der Waals surface area (Å²) in [6.45, 7) is 3.16. The van der Waals surface area contributed by atoms with Crippen LogP contribution >= 0.6 is 0 Å². The molecule has 1 aliphatic rings. The lowest BCUT2D eigenvalue weighted by atomic mass is 9.98. The van der Waals surface area contributed by atoms with E-state index >= 15 is 0 Å². The number of allylic oxidation sites excluding steroid dienone is 2. The van der Waals surface area contributed by atoms with E-state index in [1.54, 1.807) is 0 Å². The maximum Gasteiger partial charge on any atom is 0.137 e. The van der Waals surface area contributed by atoms with Crippen LogP contribution in [0.2, 0.25) is 0 Å². The van der Waals surface area contributed by atoms with E-state index in [2.05, 4.69) is 16.5 Å². The first-order valence-electron chi connectivity index (χ1n) is 5.53. The van der Waals surface area contributed by atoms with Gasteiger partial charge in [-0.15, -0.1) is 0 Å². The first kappa shape index (κ1) is 10.1. The summed E-state index contributed by atoms with van der Waals surface area (Å²) >= 11 is 0. The molecule has 0 amide bonds. The zero-order chi connectivity index (χ0) is 10.7. The average molecular weight is 204 g/mol. The number of aryl methyl sites for hydroxylation is 1. The molecule has 0 unspecified atom stereocenters. The Kier molecular flexibility index (Phi) is 2.99. The molecule has 0 atom stereocenters. The van der Waals surface area contributed by atoms with Gasteiger partial charge in [0.05, 0.1) is 0 Å². The largest absolute Gasteiger partial charge is 0.331 e. The summed E-state index contributed by atoms with van der Waals surface area (Å²) < 4.78 is 2.17. The smallest absolute Gasteiger partial charge is 0.137 e. The minimum atomic E-state index is 0.340. The van der Waals surface area contributed by atoms with Crippen LogP contribution in [0.15, 0.2) is 18.5 Å². The van der Waals surface area contributed by atoms with Gasteiger partial charge in [0.15, 0.2) is 0 Å². The number of imidazole rings is 1. The molecule has 0 fully saturated rings. The van der Waals surface area contributed by atoms with Gasteiger partial charge in [-0.1, -0.05) is 13.0 Å².